The molecule has 0 saturated carbocycles. The zero-order valence-corrected chi connectivity index (χ0v) is 10.8. The number of nitrogens with zero attached hydrogens (tertiary/aromatic N) is 1. The van der Waals surface area contributed by atoms with Crippen LogP contribution >= 0.6 is 0 Å². The van der Waals surface area contributed by atoms with Gasteiger partial charge in [0.25, 0.3) is 5.91 Å². The zero-order chi connectivity index (χ0) is 12.8. The first-order valence-corrected chi connectivity index (χ1v) is 6.52. The molecule has 1 amide bonds. The lowest BCUT2D eigenvalue weighted by Crippen LogP contribution is -2.33. The molecule has 1 heterocycles. The lowest BCUT2D eigenvalue weighted by molar-refractivity contribution is 0.0741. The van der Waals surface area contributed by atoms with Crippen molar-refractivity contribution in [3.8, 4) is 0 Å². The minimum Gasteiger partial charge on any atom is -0.385 e. The van der Waals surface area contributed by atoms with E-state index in [2.05, 4.69) is 12.2 Å². The highest BCUT2D eigenvalue weighted by Crippen LogP contribution is 2.12. The second kappa shape index (κ2) is 6.40. The Balaban J connectivity index is 2.02. The van der Waals surface area contributed by atoms with Gasteiger partial charge in [-0.15, -0.1) is 0 Å². The monoisotopic (exact) mass is 248 g/mol. The Labute approximate surface area is 108 Å². The van der Waals surface area contributed by atoms with Crippen LogP contribution in [-0.2, 0) is 4.74 Å². The third-order valence-electron chi connectivity index (χ3n) is 3.02. The molecule has 4 nitrogen and oxygen atoms in total. The number of carbonyl (C=O) groups is 1. The summed E-state index contributed by atoms with van der Waals surface area (Å²) in [7, 11) is 0. The average Bonchev–Trinajstić information content (AvgIpc) is 2.68. The largest absolute Gasteiger partial charge is 0.385 e. The Bertz CT molecular complexity index is 381. The minimum atomic E-state index is 0.101. The molecule has 1 fully saturated rings. The molecular weight excluding hydrogens is 228 g/mol. The SMILES string of the molecule is CCNc1ccc(C(=O)N2CCCOCC2)cc1. The second-order valence-corrected chi connectivity index (χ2v) is 4.37. The molecule has 98 valence electrons. The first-order chi connectivity index (χ1) is 8.81. The van der Waals surface area contributed by atoms with Gasteiger partial charge < -0.3 is 15.0 Å². The third kappa shape index (κ3) is 3.23. The van der Waals surface area contributed by atoms with Crippen LogP contribution < -0.4 is 5.32 Å². The van der Waals surface area contributed by atoms with Crippen LogP contribution in [0.5, 0.6) is 0 Å². The normalized spacial score (nSPS) is 16.2. The maximum Gasteiger partial charge on any atom is 0.253 e. The standard InChI is InChI=1S/C14H20N2O2/c1-2-15-13-6-4-12(5-7-13)14(17)16-8-3-10-18-11-9-16/h4-7,15H,2-3,8-11H2,1H3. The first kappa shape index (κ1) is 12.9. The molecule has 0 spiro atoms. The number of amides is 1. The molecule has 0 aliphatic carbocycles. The molecule has 1 N–H and O–H groups in total. The van der Waals surface area contributed by atoms with Crippen molar-refractivity contribution in [1.82, 2.24) is 4.90 Å². The number of nitrogens with one attached hydrogen (secondary N) is 1. The van der Waals surface area contributed by atoms with Crippen molar-refractivity contribution in [1.29, 1.82) is 0 Å². The third-order valence-corrected chi connectivity index (χ3v) is 3.02. The topological polar surface area (TPSA) is 41.6 Å². The van der Waals surface area contributed by atoms with Crippen LogP contribution in [0.2, 0.25) is 0 Å². The van der Waals surface area contributed by atoms with Crippen LogP contribution in [0.15, 0.2) is 24.3 Å². The van der Waals surface area contributed by atoms with Crippen LogP contribution in [0, 0.1) is 0 Å². The van der Waals surface area contributed by atoms with E-state index in [1.165, 1.54) is 0 Å². The van der Waals surface area contributed by atoms with E-state index in [-0.39, 0.29) is 5.91 Å². The van der Waals surface area contributed by atoms with Gasteiger partial charge in [-0.1, -0.05) is 0 Å². The molecule has 1 aromatic carbocycles. The Morgan fingerprint density at radius 3 is 2.78 bits per heavy atom. The van der Waals surface area contributed by atoms with Gasteiger partial charge in [0.15, 0.2) is 0 Å². The predicted octanol–water partition coefficient (Wildman–Crippen LogP) is 1.98. The van der Waals surface area contributed by atoms with Gasteiger partial charge in [-0.3, -0.25) is 4.79 Å². The number of carbonyl (C=O) groups excluding carboxylic acids is 1. The Morgan fingerprint density at radius 2 is 2.06 bits per heavy atom. The summed E-state index contributed by atoms with van der Waals surface area (Å²) in [4.78, 5) is 14.1. The highest BCUT2D eigenvalue weighted by atomic mass is 16.5. The highest BCUT2D eigenvalue weighted by Gasteiger charge is 2.17. The van der Waals surface area contributed by atoms with E-state index in [0.717, 1.165) is 37.4 Å². The molecule has 1 aromatic rings. The summed E-state index contributed by atoms with van der Waals surface area (Å²) in [6, 6.07) is 7.66. The van der Waals surface area contributed by atoms with E-state index >= 15 is 0 Å². The Morgan fingerprint density at radius 1 is 1.28 bits per heavy atom. The van der Waals surface area contributed by atoms with Gasteiger partial charge >= 0.3 is 0 Å². The molecule has 0 aromatic heterocycles. The van der Waals surface area contributed by atoms with Crippen LogP contribution in [0.3, 0.4) is 0 Å². The molecule has 0 atom stereocenters. The van der Waals surface area contributed by atoms with E-state index in [9.17, 15) is 4.79 Å². The summed E-state index contributed by atoms with van der Waals surface area (Å²) in [5.41, 5.74) is 1.80. The van der Waals surface area contributed by atoms with Gasteiger partial charge in [-0.25, -0.2) is 0 Å². The van der Waals surface area contributed by atoms with E-state index < -0.39 is 0 Å². The minimum absolute atomic E-state index is 0.101. The first-order valence-electron chi connectivity index (χ1n) is 6.52. The van der Waals surface area contributed by atoms with Crippen molar-refractivity contribution in [3.05, 3.63) is 29.8 Å². The quantitative estimate of drug-likeness (QED) is 0.889. The zero-order valence-electron chi connectivity index (χ0n) is 10.8. The fraction of sp³-hybridized carbons (Fsp3) is 0.500. The van der Waals surface area contributed by atoms with Crippen molar-refractivity contribution >= 4 is 11.6 Å². The van der Waals surface area contributed by atoms with Crippen molar-refractivity contribution in [2.75, 3.05) is 38.2 Å². The number of ether oxygens (including phenoxy) is 1. The van der Waals surface area contributed by atoms with Gasteiger partial charge in [0.1, 0.15) is 0 Å². The average molecular weight is 248 g/mol. The summed E-state index contributed by atoms with van der Waals surface area (Å²) < 4.78 is 5.36. The number of hydrogen-bond acceptors (Lipinski definition) is 3. The molecule has 1 aliphatic heterocycles. The summed E-state index contributed by atoms with van der Waals surface area (Å²) in [5, 5.41) is 3.22. The summed E-state index contributed by atoms with van der Waals surface area (Å²) in [6.07, 6.45) is 0.918. The summed E-state index contributed by atoms with van der Waals surface area (Å²) in [5.74, 6) is 0.101. The lowest BCUT2D eigenvalue weighted by atomic mass is 10.1. The molecule has 1 aliphatic rings. The van der Waals surface area contributed by atoms with E-state index in [4.69, 9.17) is 4.74 Å². The predicted molar refractivity (Wildman–Crippen MR) is 71.9 cm³/mol. The molecule has 0 radical (unpaired) electrons. The fourth-order valence-corrected chi connectivity index (χ4v) is 2.07. The van der Waals surface area contributed by atoms with Crippen LogP contribution in [0.4, 0.5) is 5.69 Å². The van der Waals surface area contributed by atoms with Crippen LogP contribution in [0.1, 0.15) is 23.7 Å². The van der Waals surface area contributed by atoms with Crippen molar-refractivity contribution in [3.63, 3.8) is 0 Å². The van der Waals surface area contributed by atoms with Crippen molar-refractivity contribution in [2.45, 2.75) is 13.3 Å². The van der Waals surface area contributed by atoms with Crippen LogP contribution in [0.25, 0.3) is 0 Å². The van der Waals surface area contributed by atoms with E-state index in [1.807, 2.05) is 29.2 Å². The Hall–Kier alpha value is -1.55. The van der Waals surface area contributed by atoms with Gasteiger partial charge in [0.2, 0.25) is 0 Å². The molecule has 4 heteroatoms. The lowest BCUT2D eigenvalue weighted by Gasteiger charge is -2.19. The number of anilines is 1. The molecule has 2 rings (SSSR count). The van der Waals surface area contributed by atoms with Crippen molar-refractivity contribution < 1.29 is 9.53 Å². The molecule has 18 heavy (non-hydrogen) atoms. The Kier molecular flexibility index (Phi) is 4.59. The van der Waals surface area contributed by atoms with Gasteiger partial charge in [0, 0.05) is 37.5 Å². The fourth-order valence-electron chi connectivity index (χ4n) is 2.07. The number of hydrogen-bond donors (Lipinski definition) is 1. The smallest absolute Gasteiger partial charge is 0.253 e. The van der Waals surface area contributed by atoms with Crippen LogP contribution in [-0.4, -0.2) is 43.7 Å². The van der Waals surface area contributed by atoms with Gasteiger partial charge in [-0.2, -0.15) is 0 Å². The molecule has 1 saturated heterocycles. The summed E-state index contributed by atoms with van der Waals surface area (Å²) in [6.45, 7) is 5.80. The maximum atomic E-state index is 12.3. The molecule has 0 bridgehead atoms. The maximum absolute atomic E-state index is 12.3. The second-order valence-electron chi connectivity index (χ2n) is 4.37. The van der Waals surface area contributed by atoms with Gasteiger partial charge in [-0.05, 0) is 37.6 Å². The van der Waals surface area contributed by atoms with Gasteiger partial charge in [0.05, 0.1) is 6.61 Å². The van der Waals surface area contributed by atoms with E-state index in [1.54, 1.807) is 0 Å². The van der Waals surface area contributed by atoms with Crippen molar-refractivity contribution in [2.24, 2.45) is 0 Å². The summed E-state index contributed by atoms with van der Waals surface area (Å²) >= 11 is 0. The molecular formula is C14H20N2O2. The van der Waals surface area contributed by atoms with E-state index in [0.29, 0.717) is 13.2 Å². The highest BCUT2D eigenvalue weighted by molar-refractivity contribution is 5.94. The number of rotatable bonds is 3. The number of benzene rings is 1. The molecule has 0 unspecified atom stereocenters.